The minimum Gasteiger partial charge on any atom is -0.207 e. The topological polar surface area (TPSA) is 0 Å². The second kappa shape index (κ2) is 7.25. The van der Waals surface area contributed by atoms with E-state index >= 15 is 0 Å². The molecule has 1 rings (SSSR count). The number of halogens is 4. The van der Waals surface area contributed by atoms with Crippen molar-refractivity contribution in [1.29, 1.82) is 0 Å². The van der Waals surface area contributed by atoms with Crippen LogP contribution in [0.25, 0.3) is 0 Å². The average molecular weight is 401 g/mol. The Morgan fingerprint density at radius 3 is 2.39 bits per heavy atom. The van der Waals surface area contributed by atoms with E-state index in [9.17, 15) is 4.39 Å². The Balaban J connectivity index is 2.98. The number of alkyl halides is 2. The van der Waals surface area contributed by atoms with Gasteiger partial charge in [0, 0.05) is 15.7 Å². The number of benzene rings is 1. The zero-order valence-electron chi connectivity index (χ0n) is 10.6. The summed E-state index contributed by atoms with van der Waals surface area (Å²) in [6.07, 6.45) is 1.84. The second-order valence-electron chi connectivity index (χ2n) is 5.28. The molecule has 0 N–H and O–H groups in total. The molecule has 0 aliphatic rings. The zero-order valence-corrected chi connectivity index (χ0v) is 14.6. The smallest absolute Gasteiger partial charge is 0.123 e. The first-order valence-electron chi connectivity index (χ1n) is 5.98. The monoisotopic (exact) mass is 398 g/mol. The first-order valence-corrected chi connectivity index (χ1v) is 8.60. The van der Waals surface area contributed by atoms with Crippen molar-refractivity contribution >= 4 is 43.5 Å². The molecule has 0 aliphatic heterocycles. The Morgan fingerprint density at radius 1 is 1.28 bits per heavy atom. The van der Waals surface area contributed by atoms with Crippen LogP contribution in [0, 0.1) is 17.2 Å². The highest BCUT2D eigenvalue weighted by Gasteiger charge is 2.30. The van der Waals surface area contributed by atoms with Crippen LogP contribution in [0.3, 0.4) is 0 Å². The van der Waals surface area contributed by atoms with Gasteiger partial charge in [-0.05, 0) is 47.9 Å². The Morgan fingerprint density at radius 2 is 1.89 bits per heavy atom. The van der Waals surface area contributed by atoms with E-state index in [1.165, 1.54) is 6.07 Å². The molecule has 4 heteroatoms. The van der Waals surface area contributed by atoms with Crippen LogP contribution >= 0.6 is 43.5 Å². The quantitative estimate of drug-likeness (QED) is 0.526. The van der Waals surface area contributed by atoms with E-state index in [4.69, 9.17) is 11.6 Å². The molecule has 0 nitrogen and oxygen atoms in total. The lowest BCUT2D eigenvalue weighted by atomic mass is 9.79. The lowest BCUT2D eigenvalue weighted by Crippen LogP contribution is -2.29. The summed E-state index contributed by atoms with van der Waals surface area (Å²) in [4.78, 5) is 0. The highest BCUT2D eigenvalue weighted by molar-refractivity contribution is 9.09. The fourth-order valence-corrected chi connectivity index (χ4v) is 4.23. The van der Waals surface area contributed by atoms with Crippen molar-refractivity contribution in [2.75, 3.05) is 10.7 Å². The fraction of sp³-hybridized carbons (Fsp3) is 0.571. The summed E-state index contributed by atoms with van der Waals surface area (Å²) < 4.78 is 13.3. The normalized spacial score (nSPS) is 12.2. The molecule has 0 radical (unpaired) electrons. The van der Waals surface area contributed by atoms with Crippen LogP contribution < -0.4 is 0 Å². The maximum Gasteiger partial charge on any atom is 0.123 e. The van der Waals surface area contributed by atoms with Gasteiger partial charge in [-0.25, -0.2) is 4.39 Å². The van der Waals surface area contributed by atoms with Gasteiger partial charge in [-0.3, -0.25) is 0 Å². The van der Waals surface area contributed by atoms with Crippen molar-refractivity contribution < 1.29 is 4.39 Å². The molecular weight excluding hydrogens is 382 g/mol. The van der Waals surface area contributed by atoms with Gasteiger partial charge >= 0.3 is 0 Å². The van der Waals surface area contributed by atoms with Gasteiger partial charge in [0.25, 0.3) is 0 Å². The molecule has 0 saturated carbocycles. The van der Waals surface area contributed by atoms with Crippen LogP contribution in [0.1, 0.15) is 25.8 Å². The summed E-state index contributed by atoms with van der Waals surface area (Å²) in [6, 6.07) is 4.58. The van der Waals surface area contributed by atoms with Crippen LogP contribution in [0.15, 0.2) is 18.2 Å². The summed E-state index contributed by atoms with van der Waals surface area (Å²) in [7, 11) is 0. The van der Waals surface area contributed by atoms with Gasteiger partial charge in [0.05, 0.1) is 0 Å². The molecule has 0 bridgehead atoms. The molecule has 0 unspecified atom stereocenters. The maximum atomic E-state index is 13.3. The third kappa shape index (κ3) is 4.50. The fourth-order valence-electron chi connectivity index (χ4n) is 2.26. The summed E-state index contributed by atoms with van der Waals surface area (Å²) >= 11 is 13.3. The van der Waals surface area contributed by atoms with Crippen LogP contribution in [0.4, 0.5) is 4.39 Å². The maximum absolute atomic E-state index is 13.3. The molecule has 0 aromatic heterocycles. The largest absolute Gasteiger partial charge is 0.207 e. The third-order valence-corrected chi connectivity index (χ3v) is 5.73. The minimum absolute atomic E-state index is 0.0750. The molecule has 1 aromatic carbocycles. The van der Waals surface area contributed by atoms with E-state index in [2.05, 4.69) is 45.7 Å². The van der Waals surface area contributed by atoms with E-state index in [1.54, 1.807) is 12.1 Å². The summed E-state index contributed by atoms with van der Waals surface area (Å²) in [5.74, 6) is 0.365. The third-order valence-electron chi connectivity index (χ3n) is 2.98. The minimum atomic E-state index is -0.225. The van der Waals surface area contributed by atoms with Gasteiger partial charge in [0.1, 0.15) is 5.82 Å². The van der Waals surface area contributed by atoms with Crippen molar-refractivity contribution in [3.8, 4) is 0 Å². The van der Waals surface area contributed by atoms with Gasteiger partial charge in [-0.2, -0.15) is 0 Å². The van der Waals surface area contributed by atoms with E-state index in [0.29, 0.717) is 10.9 Å². The average Bonchev–Trinajstić information content (AvgIpc) is 2.32. The van der Waals surface area contributed by atoms with Crippen molar-refractivity contribution in [2.45, 2.75) is 26.7 Å². The lowest BCUT2D eigenvalue weighted by Gasteiger charge is -2.32. The highest BCUT2D eigenvalue weighted by atomic mass is 79.9. The highest BCUT2D eigenvalue weighted by Crippen LogP contribution is 2.36. The Hall–Kier alpha value is 0.400. The molecule has 0 amide bonds. The first kappa shape index (κ1) is 16.5. The summed E-state index contributed by atoms with van der Waals surface area (Å²) in [5.41, 5.74) is 0.960. The molecule has 18 heavy (non-hydrogen) atoms. The van der Waals surface area contributed by atoms with Crippen LogP contribution in [0.5, 0.6) is 0 Å². The molecule has 0 heterocycles. The van der Waals surface area contributed by atoms with Gasteiger partial charge in [-0.15, -0.1) is 0 Å². The Labute approximate surface area is 131 Å². The van der Waals surface area contributed by atoms with Crippen molar-refractivity contribution in [3.05, 3.63) is 34.6 Å². The molecule has 0 saturated heterocycles. The lowest BCUT2D eigenvalue weighted by molar-refractivity contribution is 0.304. The summed E-state index contributed by atoms with van der Waals surface area (Å²) in [6.45, 7) is 4.40. The number of hydrogen-bond acceptors (Lipinski definition) is 0. The molecular formula is C14H18Br2ClF. The SMILES string of the molecule is CC(C)CC(CBr)(CBr)Cc1cc(F)ccc1Cl. The number of rotatable bonds is 6. The molecule has 0 atom stereocenters. The van der Waals surface area contributed by atoms with Crippen LogP contribution in [-0.2, 0) is 6.42 Å². The standard InChI is InChI=1S/C14H18Br2ClF/c1-10(2)6-14(8-15,9-16)7-11-5-12(18)3-4-13(11)17/h3-5,10H,6-9H2,1-2H3. The van der Waals surface area contributed by atoms with Gasteiger partial charge in [0.15, 0.2) is 0 Å². The first-order chi connectivity index (χ1) is 8.42. The molecule has 102 valence electrons. The Bertz CT molecular complexity index is 389. The molecule has 0 fully saturated rings. The second-order valence-corrected chi connectivity index (χ2v) is 6.81. The Kier molecular flexibility index (Phi) is 6.63. The van der Waals surface area contributed by atoms with E-state index in [0.717, 1.165) is 29.1 Å². The van der Waals surface area contributed by atoms with E-state index in [1.807, 2.05) is 0 Å². The molecule has 1 aromatic rings. The summed E-state index contributed by atoms with van der Waals surface area (Å²) in [5, 5.41) is 2.39. The van der Waals surface area contributed by atoms with E-state index < -0.39 is 0 Å². The van der Waals surface area contributed by atoms with E-state index in [-0.39, 0.29) is 11.2 Å². The molecule has 0 aliphatic carbocycles. The van der Waals surface area contributed by atoms with Crippen LogP contribution in [0.2, 0.25) is 5.02 Å². The van der Waals surface area contributed by atoms with Gasteiger partial charge in [0.2, 0.25) is 0 Å². The number of hydrogen-bond donors (Lipinski definition) is 0. The predicted molar refractivity (Wildman–Crippen MR) is 84.6 cm³/mol. The van der Waals surface area contributed by atoms with Gasteiger partial charge < -0.3 is 0 Å². The zero-order chi connectivity index (χ0) is 13.8. The van der Waals surface area contributed by atoms with Crippen molar-refractivity contribution in [1.82, 2.24) is 0 Å². The predicted octanol–water partition coefficient (Wildman–Crippen LogP) is 5.84. The molecule has 0 spiro atoms. The van der Waals surface area contributed by atoms with Crippen molar-refractivity contribution in [3.63, 3.8) is 0 Å². The van der Waals surface area contributed by atoms with Gasteiger partial charge in [-0.1, -0.05) is 57.3 Å². The van der Waals surface area contributed by atoms with Crippen molar-refractivity contribution in [2.24, 2.45) is 11.3 Å². The van der Waals surface area contributed by atoms with Crippen LogP contribution in [-0.4, -0.2) is 10.7 Å².